The lowest BCUT2D eigenvalue weighted by atomic mass is 10.2. The van der Waals surface area contributed by atoms with Crippen molar-refractivity contribution >= 4 is 45.9 Å². The molecule has 0 aliphatic rings. The minimum atomic E-state index is -0.293. The maximum Gasteiger partial charge on any atom is 0.237 e. The van der Waals surface area contributed by atoms with Gasteiger partial charge in [0.15, 0.2) is 0 Å². The number of para-hydroxylation sites is 1. The number of aryl methyl sites for hydroxylation is 1. The predicted octanol–water partition coefficient (Wildman–Crippen LogP) is 4.71. The molecule has 0 aliphatic carbocycles. The molecule has 0 spiro atoms. The number of benzene rings is 2. The molecule has 3 rings (SSSR count). The third kappa shape index (κ3) is 3.86. The molecule has 0 radical (unpaired) electrons. The van der Waals surface area contributed by atoms with Crippen LogP contribution in [-0.4, -0.2) is 21.1 Å². The minimum Gasteiger partial charge on any atom is -0.325 e. The monoisotopic (exact) mass is 357 g/mol. The van der Waals surface area contributed by atoms with E-state index >= 15 is 0 Å². The van der Waals surface area contributed by atoms with Crippen LogP contribution >= 0.6 is 23.4 Å². The second-order valence-electron chi connectivity index (χ2n) is 5.35. The van der Waals surface area contributed by atoms with Crippen molar-refractivity contribution in [2.24, 2.45) is 0 Å². The van der Waals surface area contributed by atoms with E-state index in [2.05, 4.69) is 15.3 Å². The van der Waals surface area contributed by atoms with Crippen LogP contribution in [0, 0.1) is 6.92 Å². The summed E-state index contributed by atoms with van der Waals surface area (Å²) in [6.45, 7) is 3.72. The fourth-order valence-corrected chi connectivity index (χ4v) is 3.36. The summed E-state index contributed by atoms with van der Waals surface area (Å²) < 4.78 is 0. The number of rotatable bonds is 4. The highest BCUT2D eigenvalue weighted by molar-refractivity contribution is 8.00. The second-order valence-corrected chi connectivity index (χ2v) is 7.12. The zero-order chi connectivity index (χ0) is 17.1. The Morgan fingerprint density at radius 1 is 1.12 bits per heavy atom. The molecule has 2 aromatic carbocycles. The van der Waals surface area contributed by atoms with Crippen molar-refractivity contribution in [1.29, 1.82) is 0 Å². The number of carbonyl (C=O) groups excluding carboxylic acids is 1. The van der Waals surface area contributed by atoms with Gasteiger partial charge < -0.3 is 5.32 Å². The summed E-state index contributed by atoms with van der Waals surface area (Å²) in [6.07, 6.45) is 0. The van der Waals surface area contributed by atoms with Crippen molar-refractivity contribution in [1.82, 2.24) is 9.97 Å². The molecule has 1 N–H and O–H groups in total. The van der Waals surface area contributed by atoms with Gasteiger partial charge >= 0.3 is 0 Å². The van der Waals surface area contributed by atoms with Gasteiger partial charge in [-0.15, -0.1) is 0 Å². The molecule has 3 aromatic rings. The maximum absolute atomic E-state index is 12.4. The molecule has 0 aliphatic heterocycles. The van der Waals surface area contributed by atoms with E-state index in [-0.39, 0.29) is 11.2 Å². The fraction of sp³-hybridized carbons (Fsp3) is 0.167. The largest absolute Gasteiger partial charge is 0.325 e. The number of thioether (sulfide) groups is 1. The molecule has 6 heteroatoms. The normalized spacial score (nSPS) is 12.1. The van der Waals surface area contributed by atoms with E-state index in [9.17, 15) is 4.79 Å². The van der Waals surface area contributed by atoms with Crippen molar-refractivity contribution in [3.63, 3.8) is 0 Å². The Hall–Kier alpha value is -2.11. The summed E-state index contributed by atoms with van der Waals surface area (Å²) >= 11 is 7.29. The Morgan fingerprint density at radius 3 is 2.58 bits per heavy atom. The van der Waals surface area contributed by atoms with Gasteiger partial charge in [0.1, 0.15) is 10.9 Å². The second kappa shape index (κ2) is 7.20. The first kappa shape index (κ1) is 16.7. The van der Waals surface area contributed by atoms with Crippen molar-refractivity contribution in [2.45, 2.75) is 24.1 Å². The van der Waals surface area contributed by atoms with E-state index in [0.717, 1.165) is 21.6 Å². The molecule has 1 aromatic heterocycles. The molecule has 0 saturated heterocycles. The van der Waals surface area contributed by atoms with Gasteiger partial charge in [0.2, 0.25) is 5.91 Å². The topological polar surface area (TPSA) is 54.9 Å². The van der Waals surface area contributed by atoms with Gasteiger partial charge in [-0.3, -0.25) is 4.79 Å². The standard InChI is InChI=1S/C18H16ClN3OS/c1-11(17(23)22-14-9-7-13(19)8-10-14)24-18-15-5-3-4-6-16(15)20-12(2)21-18/h3-11H,1-2H3,(H,22,23)/t11-/m0/s1. The molecular weight excluding hydrogens is 342 g/mol. The lowest BCUT2D eigenvalue weighted by Crippen LogP contribution is -2.22. The number of halogens is 1. The molecule has 1 amide bonds. The number of hydrogen-bond donors (Lipinski definition) is 1. The van der Waals surface area contributed by atoms with Crippen molar-refractivity contribution in [3.8, 4) is 0 Å². The SMILES string of the molecule is Cc1nc(S[C@@H](C)C(=O)Nc2ccc(Cl)cc2)c2ccccc2n1. The van der Waals surface area contributed by atoms with E-state index in [4.69, 9.17) is 11.6 Å². The Kier molecular flexibility index (Phi) is 5.02. The Labute approximate surface area is 149 Å². The van der Waals surface area contributed by atoms with Gasteiger partial charge in [-0.25, -0.2) is 9.97 Å². The van der Waals surface area contributed by atoms with Crippen LogP contribution in [0.15, 0.2) is 53.6 Å². The highest BCUT2D eigenvalue weighted by Crippen LogP contribution is 2.29. The van der Waals surface area contributed by atoms with Gasteiger partial charge in [-0.2, -0.15) is 0 Å². The average molecular weight is 358 g/mol. The number of fused-ring (bicyclic) bond motifs is 1. The van der Waals surface area contributed by atoms with Crippen LogP contribution in [0.1, 0.15) is 12.7 Å². The first-order valence-electron chi connectivity index (χ1n) is 7.49. The lowest BCUT2D eigenvalue weighted by Gasteiger charge is -2.13. The third-order valence-electron chi connectivity index (χ3n) is 3.45. The van der Waals surface area contributed by atoms with Crippen molar-refractivity contribution in [3.05, 3.63) is 59.4 Å². The summed E-state index contributed by atoms with van der Waals surface area (Å²) in [6, 6.07) is 14.9. The van der Waals surface area contributed by atoms with Gasteiger partial charge in [0.05, 0.1) is 10.8 Å². The number of carbonyl (C=O) groups is 1. The van der Waals surface area contributed by atoms with Crippen LogP contribution in [0.4, 0.5) is 5.69 Å². The lowest BCUT2D eigenvalue weighted by molar-refractivity contribution is -0.115. The molecular formula is C18H16ClN3OS. The van der Waals surface area contributed by atoms with Crippen LogP contribution in [0.2, 0.25) is 5.02 Å². The van der Waals surface area contributed by atoms with E-state index in [1.807, 2.05) is 38.1 Å². The number of nitrogens with zero attached hydrogens (tertiary/aromatic N) is 2. The average Bonchev–Trinajstić information content (AvgIpc) is 2.56. The van der Waals surface area contributed by atoms with Gasteiger partial charge in [0.25, 0.3) is 0 Å². The van der Waals surface area contributed by atoms with Crippen LogP contribution in [-0.2, 0) is 4.79 Å². The van der Waals surface area contributed by atoms with E-state index in [1.165, 1.54) is 11.8 Å². The molecule has 0 unspecified atom stereocenters. The molecule has 0 saturated carbocycles. The number of nitrogens with one attached hydrogen (secondary N) is 1. The summed E-state index contributed by atoms with van der Waals surface area (Å²) in [5.41, 5.74) is 1.61. The fourth-order valence-electron chi connectivity index (χ4n) is 2.25. The summed E-state index contributed by atoms with van der Waals surface area (Å²) in [4.78, 5) is 21.3. The van der Waals surface area contributed by atoms with Crippen LogP contribution in [0.5, 0.6) is 0 Å². The van der Waals surface area contributed by atoms with Gasteiger partial charge in [-0.1, -0.05) is 41.6 Å². The number of aromatic nitrogens is 2. The zero-order valence-electron chi connectivity index (χ0n) is 13.3. The van der Waals surface area contributed by atoms with Crippen LogP contribution in [0.3, 0.4) is 0 Å². The third-order valence-corrected chi connectivity index (χ3v) is 4.80. The first-order chi connectivity index (χ1) is 11.5. The summed E-state index contributed by atoms with van der Waals surface area (Å²) in [7, 11) is 0. The van der Waals surface area contributed by atoms with Crippen LogP contribution in [0.25, 0.3) is 10.9 Å². The predicted molar refractivity (Wildman–Crippen MR) is 99.7 cm³/mol. The highest BCUT2D eigenvalue weighted by Gasteiger charge is 2.17. The number of anilines is 1. The molecule has 24 heavy (non-hydrogen) atoms. The Morgan fingerprint density at radius 2 is 1.83 bits per heavy atom. The highest BCUT2D eigenvalue weighted by atomic mass is 35.5. The Bertz CT molecular complexity index is 883. The van der Waals surface area contributed by atoms with Crippen molar-refractivity contribution < 1.29 is 4.79 Å². The zero-order valence-corrected chi connectivity index (χ0v) is 14.9. The van der Waals surface area contributed by atoms with Gasteiger partial charge in [0, 0.05) is 16.1 Å². The maximum atomic E-state index is 12.4. The van der Waals surface area contributed by atoms with E-state index in [0.29, 0.717) is 10.8 Å². The summed E-state index contributed by atoms with van der Waals surface area (Å²) in [5, 5.41) is 5.01. The van der Waals surface area contributed by atoms with Crippen molar-refractivity contribution in [2.75, 3.05) is 5.32 Å². The quantitative estimate of drug-likeness (QED) is 0.542. The molecule has 4 nitrogen and oxygen atoms in total. The molecule has 122 valence electrons. The Balaban J connectivity index is 1.78. The van der Waals surface area contributed by atoms with E-state index in [1.54, 1.807) is 24.3 Å². The number of amides is 1. The minimum absolute atomic E-state index is 0.0809. The van der Waals surface area contributed by atoms with E-state index < -0.39 is 0 Å². The molecule has 1 atom stereocenters. The summed E-state index contributed by atoms with van der Waals surface area (Å²) in [5.74, 6) is 0.615. The molecule has 1 heterocycles. The smallest absolute Gasteiger partial charge is 0.237 e. The number of hydrogen-bond acceptors (Lipinski definition) is 4. The van der Waals surface area contributed by atoms with Crippen LogP contribution < -0.4 is 5.32 Å². The first-order valence-corrected chi connectivity index (χ1v) is 8.75. The van der Waals surface area contributed by atoms with Gasteiger partial charge in [-0.05, 0) is 44.2 Å². The molecule has 0 fully saturated rings. The molecule has 0 bridgehead atoms.